The van der Waals surface area contributed by atoms with E-state index in [1.165, 1.54) is 11.8 Å². The number of alkyl carbamates (subject to hydrolysis) is 1. The number of carbonyl (C=O) groups excluding carboxylic acids is 1. The predicted molar refractivity (Wildman–Crippen MR) is 98.4 cm³/mol. The molecule has 0 saturated heterocycles. The average Bonchev–Trinajstić information content (AvgIpc) is 2.66. The SMILES string of the molecule is CSc1ccccc1C(O)C(O)CCNC(=O)OCc1ccccc1. The van der Waals surface area contributed by atoms with Gasteiger partial charge in [-0.2, -0.15) is 0 Å². The predicted octanol–water partition coefficient (Wildman–Crippen LogP) is 3.12. The number of nitrogens with one attached hydrogen (secondary N) is 1. The zero-order valence-corrected chi connectivity index (χ0v) is 14.9. The van der Waals surface area contributed by atoms with Gasteiger partial charge in [0.2, 0.25) is 0 Å². The van der Waals surface area contributed by atoms with Crippen LogP contribution in [0.2, 0.25) is 0 Å². The molecule has 1 amide bonds. The molecule has 2 unspecified atom stereocenters. The fraction of sp³-hybridized carbons (Fsp3) is 0.316. The molecule has 0 bridgehead atoms. The van der Waals surface area contributed by atoms with Crippen LogP contribution in [0.25, 0.3) is 0 Å². The molecule has 3 N–H and O–H groups in total. The van der Waals surface area contributed by atoms with Gasteiger partial charge >= 0.3 is 6.09 Å². The summed E-state index contributed by atoms with van der Waals surface area (Å²) in [6.07, 6.45) is -0.365. The van der Waals surface area contributed by atoms with Crippen LogP contribution >= 0.6 is 11.8 Å². The summed E-state index contributed by atoms with van der Waals surface area (Å²) in [5.41, 5.74) is 1.59. The van der Waals surface area contributed by atoms with Gasteiger partial charge in [0.05, 0.1) is 6.10 Å². The summed E-state index contributed by atoms with van der Waals surface area (Å²) in [5.74, 6) is 0. The van der Waals surface area contributed by atoms with Gasteiger partial charge in [0, 0.05) is 11.4 Å². The van der Waals surface area contributed by atoms with Crippen LogP contribution in [-0.2, 0) is 11.3 Å². The highest BCUT2D eigenvalue weighted by Crippen LogP contribution is 2.28. The van der Waals surface area contributed by atoms with E-state index in [1.807, 2.05) is 54.8 Å². The summed E-state index contributed by atoms with van der Waals surface area (Å²) in [7, 11) is 0. The number of benzene rings is 2. The molecular weight excluding hydrogens is 338 g/mol. The number of hydrogen-bond donors (Lipinski definition) is 3. The zero-order valence-electron chi connectivity index (χ0n) is 14.1. The van der Waals surface area contributed by atoms with Crippen molar-refractivity contribution in [1.29, 1.82) is 0 Å². The zero-order chi connectivity index (χ0) is 18.1. The van der Waals surface area contributed by atoms with Crippen LogP contribution in [0.4, 0.5) is 4.79 Å². The van der Waals surface area contributed by atoms with Crippen molar-refractivity contribution in [3.63, 3.8) is 0 Å². The molecule has 0 aliphatic carbocycles. The molecule has 6 heteroatoms. The molecule has 0 aromatic heterocycles. The molecule has 2 aromatic rings. The molecule has 0 heterocycles. The first-order chi connectivity index (χ1) is 12.1. The minimum absolute atomic E-state index is 0.193. The first-order valence-electron chi connectivity index (χ1n) is 8.05. The van der Waals surface area contributed by atoms with Gasteiger partial charge in [-0.25, -0.2) is 4.79 Å². The molecule has 0 radical (unpaired) electrons. The fourth-order valence-corrected chi connectivity index (χ4v) is 3.01. The Morgan fingerprint density at radius 3 is 2.52 bits per heavy atom. The second-order valence-corrected chi connectivity index (χ2v) is 6.38. The molecule has 0 fully saturated rings. The first kappa shape index (κ1) is 19.3. The second-order valence-electron chi connectivity index (χ2n) is 5.53. The normalized spacial score (nSPS) is 13.1. The molecule has 2 atom stereocenters. The Hall–Kier alpha value is -2.02. The number of thioether (sulfide) groups is 1. The Morgan fingerprint density at radius 1 is 1.12 bits per heavy atom. The number of aliphatic hydroxyl groups excluding tert-OH is 2. The van der Waals surface area contributed by atoms with Crippen LogP contribution in [0.3, 0.4) is 0 Å². The van der Waals surface area contributed by atoms with E-state index in [0.29, 0.717) is 5.56 Å². The van der Waals surface area contributed by atoms with Crippen LogP contribution in [0.15, 0.2) is 59.5 Å². The van der Waals surface area contributed by atoms with E-state index in [0.717, 1.165) is 10.5 Å². The van der Waals surface area contributed by atoms with Crippen molar-refractivity contribution in [1.82, 2.24) is 5.32 Å². The topological polar surface area (TPSA) is 78.8 Å². The van der Waals surface area contributed by atoms with Gasteiger partial charge in [-0.1, -0.05) is 48.5 Å². The Morgan fingerprint density at radius 2 is 1.80 bits per heavy atom. The minimum Gasteiger partial charge on any atom is -0.445 e. The van der Waals surface area contributed by atoms with Crippen molar-refractivity contribution < 1.29 is 19.7 Å². The van der Waals surface area contributed by atoms with E-state index >= 15 is 0 Å². The summed E-state index contributed by atoms with van der Waals surface area (Å²) < 4.78 is 5.09. The maximum atomic E-state index is 11.7. The van der Waals surface area contributed by atoms with Gasteiger partial charge in [0.1, 0.15) is 12.7 Å². The molecule has 2 rings (SSSR count). The van der Waals surface area contributed by atoms with Gasteiger partial charge < -0.3 is 20.3 Å². The molecule has 2 aromatic carbocycles. The monoisotopic (exact) mass is 361 g/mol. The Bertz CT molecular complexity index is 665. The number of aliphatic hydroxyl groups is 2. The summed E-state index contributed by atoms with van der Waals surface area (Å²) in [6.45, 7) is 0.409. The largest absolute Gasteiger partial charge is 0.445 e. The van der Waals surface area contributed by atoms with Crippen LogP contribution in [0.5, 0.6) is 0 Å². The van der Waals surface area contributed by atoms with Crippen LogP contribution in [0.1, 0.15) is 23.7 Å². The third-order valence-corrected chi connectivity index (χ3v) is 4.56. The van der Waals surface area contributed by atoms with E-state index in [4.69, 9.17) is 4.74 Å². The lowest BCUT2D eigenvalue weighted by atomic mass is 10.0. The van der Waals surface area contributed by atoms with Crippen molar-refractivity contribution in [2.45, 2.75) is 30.1 Å². The lowest BCUT2D eigenvalue weighted by Gasteiger charge is -2.20. The number of amides is 1. The molecule has 0 aliphatic heterocycles. The minimum atomic E-state index is -0.995. The average molecular weight is 361 g/mol. The lowest BCUT2D eigenvalue weighted by Crippen LogP contribution is -2.29. The number of carbonyl (C=O) groups is 1. The molecule has 0 spiro atoms. The summed E-state index contributed by atoms with van der Waals surface area (Å²) in [4.78, 5) is 12.6. The van der Waals surface area contributed by atoms with E-state index < -0.39 is 18.3 Å². The Labute approximate surface area is 152 Å². The van der Waals surface area contributed by atoms with Crippen LogP contribution < -0.4 is 5.32 Å². The molecule has 5 nitrogen and oxygen atoms in total. The molecule has 0 aliphatic rings. The van der Waals surface area contributed by atoms with Crippen molar-refractivity contribution >= 4 is 17.9 Å². The molecule has 0 saturated carbocycles. The lowest BCUT2D eigenvalue weighted by molar-refractivity contribution is 0.0121. The molecular formula is C19H23NO4S. The third-order valence-electron chi connectivity index (χ3n) is 3.74. The smallest absolute Gasteiger partial charge is 0.407 e. The van der Waals surface area contributed by atoms with Crippen molar-refractivity contribution in [3.8, 4) is 0 Å². The summed E-state index contributed by atoms with van der Waals surface area (Å²) in [6, 6.07) is 16.8. The van der Waals surface area contributed by atoms with Crippen LogP contribution in [-0.4, -0.2) is 35.2 Å². The quantitative estimate of drug-likeness (QED) is 0.630. The van der Waals surface area contributed by atoms with E-state index in [2.05, 4.69) is 5.32 Å². The number of rotatable bonds is 8. The molecule has 25 heavy (non-hydrogen) atoms. The van der Waals surface area contributed by atoms with Gasteiger partial charge in [-0.15, -0.1) is 11.8 Å². The summed E-state index contributed by atoms with van der Waals surface area (Å²) >= 11 is 1.51. The van der Waals surface area contributed by atoms with Crippen molar-refractivity contribution in [2.75, 3.05) is 12.8 Å². The van der Waals surface area contributed by atoms with E-state index in [1.54, 1.807) is 6.07 Å². The maximum Gasteiger partial charge on any atom is 0.407 e. The second kappa shape index (κ2) is 10.1. The highest BCUT2D eigenvalue weighted by Gasteiger charge is 2.20. The highest BCUT2D eigenvalue weighted by atomic mass is 32.2. The summed E-state index contributed by atoms with van der Waals surface area (Å²) in [5, 5.41) is 23.1. The first-order valence-corrected chi connectivity index (χ1v) is 9.28. The third kappa shape index (κ3) is 6.08. The van der Waals surface area contributed by atoms with Gasteiger partial charge in [-0.3, -0.25) is 0 Å². The number of ether oxygens (including phenoxy) is 1. The van der Waals surface area contributed by atoms with Gasteiger partial charge in [0.15, 0.2) is 0 Å². The van der Waals surface area contributed by atoms with Gasteiger partial charge in [0.25, 0.3) is 0 Å². The molecule has 134 valence electrons. The van der Waals surface area contributed by atoms with Crippen molar-refractivity contribution in [2.24, 2.45) is 0 Å². The Kier molecular flexibility index (Phi) is 7.78. The number of hydrogen-bond acceptors (Lipinski definition) is 5. The van der Waals surface area contributed by atoms with Crippen LogP contribution in [0, 0.1) is 0 Å². The highest BCUT2D eigenvalue weighted by molar-refractivity contribution is 7.98. The Balaban J connectivity index is 1.74. The maximum absolute atomic E-state index is 11.7. The fourth-order valence-electron chi connectivity index (χ4n) is 2.37. The van der Waals surface area contributed by atoms with Crippen molar-refractivity contribution in [3.05, 3.63) is 65.7 Å². The van der Waals surface area contributed by atoms with E-state index in [-0.39, 0.29) is 19.6 Å². The van der Waals surface area contributed by atoms with Gasteiger partial charge in [-0.05, 0) is 29.9 Å². The standard InChI is InChI=1S/C19H23NO4S/c1-25-17-10-6-5-9-15(17)18(22)16(21)11-12-20-19(23)24-13-14-7-3-2-4-8-14/h2-10,16,18,21-22H,11-13H2,1H3,(H,20,23). The van der Waals surface area contributed by atoms with E-state index in [9.17, 15) is 15.0 Å².